The monoisotopic (exact) mass is 368 g/mol. The van der Waals surface area contributed by atoms with Gasteiger partial charge in [0, 0.05) is 39.8 Å². The summed E-state index contributed by atoms with van der Waals surface area (Å²) >= 11 is 0. The Labute approximate surface area is 153 Å². The number of nitro groups is 1. The molecule has 1 saturated heterocycles. The first kappa shape index (κ1) is 20.0. The second-order valence-electron chi connectivity index (χ2n) is 7.37. The van der Waals surface area contributed by atoms with Crippen LogP contribution in [0.3, 0.4) is 0 Å². The smallest absolute Gasteiger partial charge is 0.410 e. The number of hydrogen-bond acceptors (Lipinski definition) is 7. The molecule has 0 aromatic carbocycles. The molecule has 1 aliphatic heterocycles. The fourth-order valence-electron chi connectivity index (χ4n) is 2.75. The van der Waals surface area contributed by atoms with Gasteiger partial charge in [-0.1, -0.05) is 0 Å². The Hall–Kier alpha value is -2.36. The third kappa shape index (κ3) is 5.58. The van der Waals surface area contributed by atoms with Crippen molar-refractivity contribution in [2.75, 3.05) is 44.6 Å². The largest absolute Gasteiger partial charge is 0.444 e. The molecule has 146 valence electrons. The van der Waals surface area contributed by atoms with E-state index in [-0.39, 0.29) is 11.9 Å². The highest BCUT2D eigenvalue weighted by molar-refractivity contribution is 5.68. The van der Waals surface area contributed by atoms with Gasteiger partial charge in [-0.25, -0.2) is 4.79 Å². The normalized spacial score (nSPS) is 15.8. The van der Waals surface area contributed by atoms with Crippen LogP contribution in [-0.4, -0.2) is 75.2 Å². The van der Waals surface area contributed by atoms with Crippen LogP contribution in [-0.2, 0) is 11.8 Å². The van der Waals surface area contributed by atoms with E-state index in [1.165, 1.54) is 6.33 Å². The molecule has 0 aliphatic carbocycles. The van der Waals surface area contributed by atoms with Crippen molar-refractivity contribution in [1.29, 1.82) is 0 Å². The Morgan fingerprint density at radius 2 is 2.00 bits per heavy atom. The van der Waals surface area contributed by atoms with Gasteiger partial charge < -0.3 is 25.1 Å². The summed E-state index contributed by atoms with van der Waals surface area (Å²) in [6.07, 6.45) is 2.01. The number of anilines is 1. The van der Waals surface area contributed by atoms with Crippen LogP contribution in [0.1, 0.15) is 27.2 Å². The number of hydrogen-bond donors (Lipinski definition) is 1. The summed E-state index contributed by atoms with van der Waals surface area (Å²) in [7, 11) is 1.72. The molecule has 0 unspecified atom stereocenters. The second-order valence-corrected chi connectivity index (χ2v) is 7.37. The SMILES string of the molecule is Cn1cnc([N+](=O)[O-])c1NCCCN1CCN(C(=O)OC(C)(C)C)CC1. The van der Waals surface area contributed by atoms with E-state index in [1.807, 2.05) is 20.8 Å². The summed E-state index contributed by atoms with van der Waals surface area (Å²) in [6, 6.07) is 0. The minimum Gasteiger partial charge on any atom is -0.444 e. The molecule has 0 atom stereocenters. The quantitative estimate of drug-likeness (QED) is 0.462. The summed E-state index contributed by atoms with van der Waals surface area (Å²) in [5.74, 6) is 0.267. The molecule has 10 nitrogen and oxygen atoms in total. The Kier molecular flexibility index (Phi) is 6.41. The van der Waals surface area contributed by atoms with E-state index in [0.717, 1.165) is 26.1 Å². The summed E-state index contributed by atoms with van der Waals surface area (Å²) in [5.41, 5.74) is -0.478. The summed E-state index contributed by atoms with van der Waals surface area (Å²) in [4.78, 5) is 30.3. The molecule has 1 aromatic heterocycles. The Bertz CT molecular complexity index is 631. The summed E-state index contributed by atoms with van der Waals surface area (Å²) in [6.45, 7) is 9.96. The highest BCUT2D eigenvalue weighted by atomic mass is 16.6. The zero-order chi connectivity index (χ0) is 19.3. The van der Waals surface area contributed by atoms with Crippen molar-refractivity contribution in [3.8, 4) is 0 Å². The summed E-state index contributed by atoms with van der Waals surface area (Å²) < 4.78 is 7.00. The van der Waals surface area contributed by atoms with Crippen LogP contribution in [0.5, 0.6) is 0 Å². The van der Waals surface area contributed by atoms with Gasteiger partial charge in [-0.3, -0.25) is 9.47 Å². The Morgan fingerprint density at radius 3 is 2.58 bits per heavy atom. The molecule has 0 saturated carbocycles. The number of carbonyl (C=O) groups excluding carboxylic acids is 1. The van der Waals surface area contributed by atoms with Gasteiger partial charge in [0.1, 0.15) is 5.60 Å². The molecular weight excluding hydrogens is 340 g/mol. The average Bonchev–Trinajstić information content (AvgIpc) is 2.91. The van der Waals surface area contributed by atoms with Crippen molar-refractivity contribution in [1.82, 2.24) is 19.4 Å². The van der Waals surface area contributed by atoms with Crippen LogP contribution >= 0.6 is 0 Å². The Balaban J connectivity index is 1.69. The van der Waals surface area contributed by atoms with E-state index in [4.69, 9.17) is 4.74 Å². The van der Waals surface area contributed by atoms with E-state index in [2.05, 4.69) is 15.2 Å². The maximum atomic E-state index is 12.0. The van der Waals surface area contributed by atoms with Gasteiger partial charge in [-0.15, -0.1) is 0 Å². The topological polar surface area (TPSA) is 106 Å². The molecule has 1 fully saturated rings. The number of nitrogens with zero attached hydrogens (tertiary/aromatic N) is 5. The fraction of sp³-hybridized carbons (Fsp3) is 0.750. The molecule has 1 amide bonds. The van der Waals surface area contributed by atoms with Crippen molar-refractivity contribution in [2.24, 2.45) is 7.05 Å². The van der Waals surface area contributed by atoms with E-state index in [9.17, 15) is 14.9 Å². The van der Waals surface area contributed by atoms with Gasteiger partial charge in [0.15, 0.2) is 0 Å². The highest BCUT2D eigenvalue weighted by Crippen LogP contribution is 2.20. The standard InChI is InChI=1S/C16H28N6O4/c1-16(2,3)26-15(23)21-10-8-20(9-11-21)7-5-6-17-13-14(22(24)25)18-12-19(13)4/h12,17H,5-11H2,1-4H3. The zero-order valence-corrected chi connectivity index (χ0v) is 15.9. The first-order chi connectivity index (χ1) is 12.2. The number of nitrogens with one attached hydrogen (secondary N) is 1. The van der Waals surface area contributed by atoms with Gasteiger partial charge in [-0.2, -0.15) is 0 Å². The molecule has 1 N–H and O–H groups in total. The Morgan fingerprint density at radius 1 is 1.35 bits per heavy atom. The number of aromatic nitrogens is 2. The van der Waals surface area contributed by atoms with Crippen LogP contribution in [0, 0.1) is 10.1 Å². The fourth-order valence-corrected chi connectivity index (χ4v) is 2.75. The lowest BCUT2D eigenvalue weighted by Crippen LogP contribution is -2.50. The molecule has 0 bridgehead atoms. The van der Waals surface area contributed by atoms with Gasteiger partial charge in [-0.05, 0) is 43.6 Å². The first-order valence-corrected chi connectivity index (χ1v) is 8.77. The molecule has 26 heavy (non-hydrogen) atoms. The molecular formula is C16H28N6O4. The average molecular weight is 368 g/mol. The summed E-state index contributed by atoms with van der Waals surface area (Å²) in [5, 5.41) is 14.0. The molecule has 0 spiro atoms. The lowest BCUT2D eigenvalue weighted by Gasteiger charge is -2.35. The molecule has 1 aliphatic rings. The van der Waals surface area contributed by atoms with Crippen molar-refractivity contribution in [3.63, 3.8) is 0 Å². The van der Waals surface area contributed by atoms with Gasteiger partial charge in [0.25, 0.3) is 0 Å². The third-order valence-corrected chi connectivity index (χ3v) is 4.06. The number of piperazine rings is 1. The lowest BCUT2D eigenvalue weighted by atomic mass is 10.2. The van der Waals surface area contributed by atoms with Crippen molar-refractivity contribution >= 4 is 17.7 Å². The molecule has 1 aromatic rings. The third-order valence-electron chi connectivity index (χ3n) is 4.06. The number of carbonyl (C=O) groups is 1. The number of imidazole rings is 1. The van der Waals surface area contributed by atoms with Gasteiger partial charge in [0.05, 0.1) is 0 Å². The molecule has 2 rings (SSSR count). The molecule has 0 radical (unpaired) electrons. The number of ether oxygens (including phenoxy) is 1. The predicted octanol–water partition coefficient (Wildman–Crippen LogP) is 1.68. The van der Waals surface area contributed by atoms with Crippen molar-refractivity contribution in [3.05, 3.63) is 16.4 Å². The van der Waals surface area contributed by atoms with Crippen LogP contribution < -0.4 is 5.32 Å². The van der Waals surface area contributed by atoms with Gasteiger partial charge >= 0.3 is 11.9 Å². The minimum atomic E-state index is -0.488. The van der Waals surface area contributed by atoms with Crippen molar-refractivity contribution in [2.45, 2.75) is 32.8 Å². The molecule has 2 heterocycles. The number of aryl methyl sites for hydroxylation is 1. The second kappa shape index (κ2) is 8.35. The molecule has 10 heteroatoms. The first-order valence-electron chi connectivity index (χ1n) is 8.77. The van der Waals surface area contributed by atoms with Crippen LogP contribution in [0.4, 0.5) is 16.4 Å². The number of amides is 1. The van der Waals surface area contributed by atoms with Crippen molar-refractivity contribution < 1.29 is 14.5 Å². The van der Waals surface area contributed by atoms with Gasteiger partial charge in [0.2, 0.25) is 12.1 Å². The zero-order valence-electron chi connectivity index (χ0n) is 15.9. The maximum Gasteiger partial charge on any atom is 0.410 e. The van der Waals surface area contributed by atoms with Crippen LogP contribution in [0.15, 0.2) is 6.33 Å². The van der Waals surface area contributed by atoms with E-state index < -0.39 is 10.5 Å². The van der Waals surface area contributed by atoms with Crippen LogP contribution in [0.25, 0.3) is 0 Å². The lowest BCUT2D eigenvalue weighted by molar-refractivity contribution is -0.388. The van der Waals surface area contributed by atoms with Crippen LogP contribution in [0.2, 0.25) is 0 Å². The van der Waals surface area contributed by atoms with E-state index >= 15 is 0 Å². The van der Waals surface area contributed by atoms with E-state index in [0.29, 0.717) is 25.5 Å². The number of rotatable bonds is 6. The highest BCUT2D eigenvalue weighted by Gasteiger charge is 2.25. The minimum absolute atomic E-state index is 0.154. The van der Waals surface area contributed by atoms with E-state index in [1.54, 1.807) is 16.5 Å². The predicted molar refractivity (Wildman–Crippen MR) is 97.2 cm³/mol. The maximum absolute atomic E-state index is 12.0.